The first-order valence-electron chi connectivity index (χ1n) is 16.2. The van der Waals surface area contributed by atoms with Crippen molar-refractivity contribution in [2.75, 3.05) is 5.32 Å². The standard InChI is InChI=1S/C37H46N2O9Si/c1-36(2,3)49(6,7)48-31(29(22-40)39-35(43)45-24-26-16-12-9-13-17-26)33-32(46-37(4,5)47-33)30(41)27-18-20-28(21-19-27)38-34(42)44-23-25-14-10-8-11-15-25/h8-22,29,31-33H,23-24H2,1-7H3,(H,38,42)(H,39,43)/t29-,31-,32-,33+/m1/s1. The number of hydrogen-bond acceptors (Lipinski definition) is 9. The van der Waals surface area contributed by atoms with Gasteiger partial charge < -0.3 is 33.5 Å². The summed E-state index contributed by atoms with van der Waals surface area (Å²) >= 11 is 0. The fourth-order valence-corrected chi connectivity index (χ4v) is 6.26. The van der Waals surface area contributed by atoms with Crippen LogP contribution in [0.15, 0.2) is 84.9 Å². The highest BCUT2D eigenvalue weighted by Gasteiger charge is 2.53. The minimum absolute atomic E-state index is 0.00120. The molecule has 49 heavy (non-hydrogen) atoms. The predicted octanol–water partition coefficient (Wildman–Crippen LogP) is 7.02. The van der Waals surface area contributed by atoms with Crippen LogP contribution in [-0.4, -0.2) is 62.7 Å². The highest BCUT2D eigenvalue weighted by molar-refractivity contribution is 6.74. The molecular weight excluding hydrogens is 644 g/mol. The van der Waals surface area contributed by atoms with Crippen molar-refractivity contribution < 1.29 is 42.6 Å². The molecule has 1 aliphatic heterocycles. The van der Waals surface area contributed by atoms with E-state index >= 15 is 0 Å². The fraction of sp³-hybridized carbons (Fsp3) is 0.405. The summed E-state index contributed by atoms with van der Waals surface area (Å²) in [6, 6.07) is 23.5. The maximum atomic E-state index is 14.0. The molecule has 0 aliphatic carbocycles. The number of hydrogen-bond donors (Lipinski definition) is 2. The zero-order valence-electron chi connectivity index (χ0n) is 29.1. The topological polar surface area (TPSA) is 138 Å². The Bertz CT molecular complexity index is 1570. The van der Waals surface area contributed by atoms with Crippen LogP contribution in [-0.2, 0) is 41.4 Å². The Morgan fingerprint density at radius 3 is 1.88 bits per heavy atom. The predicted molar refractivity (Wildman–Crippen MR) is 187 cm³/mol. The van der Waals surface area contributed by atoms with E-state index in [9.17, 15) is 19.2 Å². The van der Waals surface area contributed by atoms with Gasteiger partial charge in [-0.3, -0.25) is 10.1 Å². The van der Waals surface area contributed by atoms with Crippen molar-refractivity contribution in [2.45, 2.75) is 96.1 Å². The Kier molecular flexibility index (Phi) is 12.2. The largest absolute Gasteiger partial charge is 0.445 e. The normalized spacial score (nSPS) is 18.5. The Hall–Kier alpha value is -4.36. The Balaban J connectivity index is 1.53. The van der Waals surface area contributed by atoms with E-state index in [2.05, 4.69) is 10.6 Å². The molecule has 3 aromatic carbocycles. The maximum absolute atomic E-state index is 14.0. The molecule has 2 amide bonds. The van der Waals surface area contributed by atoms with Crippen LogP contribution < -0.4 is 10.6 Å². The van der Waals surface area contributed by atoms with Crippen molar-refractivity contribution in [2.24, 2.45) is 0 Å². The number of anilines is 1. The molecular formula is C37H46N2O9Si. The van der Waals surface area contributed by atoms with Gasteiger partial charge in [0.05, 0.1) is 0 Å². The highest BCUT2D eigenvalue weighted by Crippen LogP contribution is 2.41. The molecule has 1 heterocycles. The number of rotatable bonds is 13. The van der Waals surface area contributed by atoms with Crippen LogP contribution in [0, 0.1) is 0 Å². The highest BCUT2D eigenvalue weighted by atomic mass is 28.4. The van der Waals surface area contributed by atoms with Crippen LogP contribution >= 0.6 is 0 Å². The zero-order chi connectivity index (χ0) is 35.8. The van der Waals surface area contributed by atoms with Crippen LogP contribution in [0.25, 0.3) is 0 Å². The number of Topliss-reactive ketones (excluding diaryl/α,β-unsaturated/α-hetero) is 1. The third-order valence-corrected chi connectivity index (χ3v) is 13.0. The molecule has 4 rings (SSSR count). The monoisotopic (exact) mass is 690 g/mol. The van der Waals surface area contributed by atoms with E-state index in [0.29, 0.717) is 12.0 Å². The number of aldehydes is 1. The molecule has 0 aromatic heterocycles. The van der Waals surface area contributed by atoms with Crippen LogP contribution in [0.3, 0.4) is 0 Å². The van der Waals surface area contributed by atoms with Gasteiger partial charge in [-0.25, -0.2) is 9.59 Å². The van der Waals surface area contributed by atoms with Crippen molar-refractivity contribution in [1.82, 2.24) is 5.32 Å². The molecule has 0 bridgehead atoms. The lowest BCUT2D eigenvalue weighted by atomic mass is 9.95. The van der Waals surface area contributed by atoms with E-state index in [1.165, 1.54) is 0 Å². The van der Waals surface area contributed by atoms with Gasteiger partial charge in [0.15, 0.2) is 26.0 Å². The van der Waals surface area contributed by atoms with Gasteiger partial charge in [0.1, 0.15) is 37.7 Å². The second-order valence-corrected chi connectivity index (χ2v) is 18.6. The van der Waals surface area contributed by atoms with E-state index in [0.717, 1.165) is 11.1 Å². The third kappa shape index (κ3) is 10.3. The van der Waals surface area contributed by atoms with Gasteiger partial charge in [-0.1, -0.05) is 81.4 Å². The fourth-order valence-electron chi connectivity index (χ4n) is 4.95. The number of ether oxygens (including phenoxy) is 4. The van der Waals surface area contributed by atoms with Gasteiger partial charge in [-0.05, 0) is 67.4 Å². The average molecular weight is 691 g/mol. The molecule has 11 nitrogen and oxygen atoms in total. The Morgan fingerprint density at radius 1 is 0.837 bits per heavy atom. The van der Waals surface area contributed by atoms with Crippen LogP contribution in [0.2, 0.25) is 18.1 Å². The quantitative estimate of drug-likeness (QED) is 0.110. The molecule has 0 radical (unpaired) electrons. The number of benzene rings is 3. The molecule has 0 saturated carbocycles. The molecule has 4 atom stereocenters. The maximum Gasteiger partial charge on any atom is 0.411 e. The molecule has 0 spiro atoms. The van der Waals surface area contributed by atoms with Crippen molar-refractivity contribution in [3.05, 3.63) is 102 Å². The first kappa shape index (κ1) is 37.5. The molecule has 12 heteroatoms. The van der Waals surface area contributed by atoms with Crippen LogP contribution in [0.5, 0.6) is 0 Å². The molecule has 1 fully saturated rings. The summed E-state index contributed by atoms with van der Waals surface area (Å²) in [7, 11) is -2.63. The summed E-state index contributed by atoms with van der Waals surface area (Å²) in [5.74, 6) is -1.64. The molecule has 2 N–H and O–H groups in total. The molecule has 1 saturated heterocycles. The molecule has 262 valence electrons. The van der Waals surface area contributed by atoms with E-state index in [1.807, 2.05) is 94.5 Å². The summed E-state index contributed by atoms with van der Waals surface area (Å²) in [4.78, 5) is 52.0. The lowest BCUT2D eigenvalue weighted by Gasteiger charge is -2.42. The summed E-state index contributed by atoms with van der Waals surface area (Å²) in [5.41, 5.74) is 2.33. The lowest BCUT2D eigenvalue weighted by molar-refractivity contribution is -0.155. The van der Waals surface area contributed by atoms with E-state index in [-0.39, 0.29) is 23.8 Å². The van der Waals surface area contributed by atoms with E-state index in [1.54, 1.807) is 38.1 Å². The number of amides is 2. The van der Waals surface area contributed by atoms with Crippen molar-refractivity contribution in [3.63, 3.8) is 0 Å². The van der Waals surface area contributed by atoms with Crippen molar-refractivity contribution in [1.29, 1.82) is 0 Å². The molecule has 3 aromatic rings. The van der Waals surface area contributed by atoms with Gasteiger partial charge in [0.25, 0.3) is 0 Å². The van der Waals surface area contributed by atoms with Crippen molar-refractivity contribution in [3.8, 4) is 0 Å². The first-order chi connectivity index (χ1) is 23.1. The van der Waals surface area contributed by atoms with Crippen LogP contribution in [0.4, 0.5) is 15.3 Å². The number of nitrogens with one attached hydrogen (secondary N) is 2. The van der Waals surface area contributed by atoms with Gasteiger partial charge >= 0.3 is 12.2 Å². The van der Waals surface area contributed by atoms with Crippen molar-refractivity contribution >= 4 is 38.3 Å². The second kappa shape index (κ2) is 15.9. The summed E-state index contributed by atoms with van der Waals surface area (Å²) in [6.45, 7) is 13.6. The second-order valence-electron chi connectivity index (χ2n) is 13.9. The third-order valence-electron chi connectivity index (χ3n) is 8.57. The van der Waals surface area contributed by atoms with Gasteiger partial charge in [-0.2, -0.15) is 0 Å². The first-order valence-corrected chi connectivity index (χ1v) is 19.1. The minimum Gasteiger partial charge on any atom is -0.445 e. The molecule has 0 unspecified atom stereocenters. The van der Waals surface area contributed by atoms with E-state index in [4.69, 9.17) is 23.4 Å². The average Bonchev–Trinajstić information content (AvgIpc) is 3.39. The van der Waals surface area contributed by atoms with Crippen LogP contribution in [0.1, 0.15) is 56.1 Å². The Labute approximate surface area is 288 Å². The summed E-state index contributed by atoms with van der Waals surface area (Å²) < 4.78 is 29.9. The van der Waals surface area contributed by atoms with Gasteiger partial charge in [0, 0.05) is 11.3 Å². The van der Waals surface area contributed by atoms with E-state index < -0.39 is 56.4 Å². The van der Waals surface area contributed by atoms with Gasteiger partial charge in [0.2, 0.25) is 0 Å². The van der Waals surface area contributed by atoms with Gasteiger partial charge in [-0.15, -0.1) is 0 Å². The summed E-state index contributed by atoms with van der Waals surface area (Å²) in [5, 5.41) is 5.00. The number of carbonyl (C=O) groups is 4. The SMILES string of the molecule is CC1(C)O[C@@H]([C@H](O[Si](C)(C)C(C)(C)C)[C@@H](C=O)NC(=O)OCc2ccccc2)[C@@H](C(=O)c2ccc(NC(=O)OCc3ccccc3)cc2)O1. The minimum atomic E-state index is -2.63. The number of ketones is 1. The number of alkyl carbamates (subject to hydrolysis) is 1. The Morgan fingerprint density at radius 2 is 1.37 bits per heavy atom. The lowest BCUT2D eigenvalue weighted by Crippen LogP contribution is -2.59. The molecule has 1 aliphatic rings. The smallest absolute Gasteiger partial charge is 0.411 e. The summed E-state index contributed by atoms with van der Waals surface area (Å²) in [6.07, 6.45) is -4.27. The zero-order valence-corrected chi connectivity index (χ0v) is 30.1. The number of carbonyl (C=O) groups excluding carboxylic acids is 4.